The fourth-order valence-electron chi connectivity index (χ4n) is 1.35. The van der Waals surface area contributed by atoms with Gasteiger partial charge in [-0.25, -0.2) is 4.98 Å². The lowest BCUT2D eigenvalue weighted by atomic mass is 10.0. The van der Waals surface area contributed by atoms with Crippen molar-refractivity contribution in [1.29, 1.82) is 0 Å². The van der Waals surface area contributed by atoms with Crippen LogP contribution in [0, 0.1) is 0 Å². The lowest BCUT2D eigenvalue weighted by Crippen LogP contribution is -2.39. The minimum Gasteiger partial charge on any atom is -0.432 e. The van der Waals surface area contributed by atoms with Gasteiger partial charge >= 0.3 is 0 Å². The van der Waals surface area contributed by atoms with Crippen LogP contribution >= 0.6 is 0 Å². The highest BCUT2D eigenvalue weighted by Crippen LogP contribution is 2.39. The maximum absolute atomic E-state index is 10.2. The fourth-order valence-corrected chi connectivity index (χ4v) is 2.08. The molecule has 0 atom stereocenters. The number of anilines is 1. The summed E-state index contributed by atoms with van der Waals surface area (Å²) in [5.74, 6) is 0.555. The number of hydrogen-bond donors (Lipinski definition) is 2. The van der Waals surface area contributed by atoms with Crippen LogP contribution in [-0.4, -0.2) is 18.1 Å². The monoisotopic (exact) mass is 238 g/mol. The summed E-state index contributed by atoms with van der Waals surface area (Å²) in [6.07, 6.45) is 3.74. The maximum Gasteiger partial charge on any atom is 0.188 e. The van der Waals surface area contributed by atoms with E-state index in [0.717, 1.165) is 12.8 Å². The van der Waals surface area contributed by atoms with Crippen molar-refractivity contribution in [3.05, 3.63) is 23.9 Å². The lowest BCUT2D eigenvalue weighted by molar-refractivity contribution is 0.451. The highest BCUT2D eigenvalue weighted by atomic mass is 28.4. The quantitative estimate of drug-likeness (QED) is 0.793. The van der Waals surface area contributed by atoms with E-state index in [4.69, 9.17) is 5.73 Å². The van der Waals surface area contributed by atoms with E-state index in [1.165, 1.54) is 5.56 Å². The van der Waals surface area contributed by atoms with Gasteiger partial charge in [0.1, 0.15) is 5.82 Å². The Morgan fingerprint density at radius 2 is 2.00 bits per heavy atom. The van der Waals surface area contributed by atoms with E-state index in [2.05, 4.69) is 18.8 Å². The molecule has 0 aliphatic heterocycles. The molecule has 0 bridgehead atoms. The van der Waals surface area contributed by atoms with Crippen LogP contribution in [0.3, 0.4) is 0 Å². The van der Waals surface area contributed by atoms with E-state index in [9.17, 15) is 4.80 Å². The number of pyridine rings is 1. The van der Waals surface area contributed by atoms with Crippen LogP contribution in [0.5, 0.6) is 0 Å². The average Bonchev–Trinajstić information content (AvgIpc) is 2.15. The van der Waals surface area contributed by atoms with Crippen molar-refractivity contribution < 1.29 is 4.80 Å². The topological polar surface area (TPSA) is 59.1 Å². The smallest absolute Gasteiger partial charge is 0.188 e. The predicted molar refractivity (Wildman–Crippen MR) is 70.7 cm³/mol. The van der Waals surface area contributed by atoms with Gasteiger partial charge in [0, 0.05) is 6.20 Å². The van der Waals surface area contributed by atoms with Crippen molar-refractivity contribution in [1.82, 2.24) is 4.98 Å². The summed E-state index contributed by atoms with van der Waals surface area (Å²) in [4.78, 5) is 14.2. The molecule has 0 spiro atoms. The molecule has 0 saturated heterocycles. The van der Waals surface area contributed by atoms with E-state index < -0.39 is 8.32 Å². The number of aromatic nitrogens is 1. The first kappa shape index (κ1) is 13.2. The Bertz CT molecular complexity index is 341. The second-order valence-electron chi connectivity index (χ2n) is 5.53. The summed E-state index contributed by atoms with van der Waals surface area (Å²) in [5.41, 5.74) is 6.71. The van der Waals surface area contributed by atoms with E-state index in [0.29, 0.717) is 5.82 Å². The van der Waals surface area contributed by atoms with Crippen LogP contribution in [-0.2, 0) is 6.42 Å². The van der Waals surface area contributed by atoms with Crippen molar-refractivity contribution in [2.75, 3.05) is 5.73 Å². The molecule has 0 aliphatic rings. The Hall–Kier alpha value is -0.873. The van der Waals surface area contributed by atoms with Crippen LogP contribution in [0.15, 0.2) is 18.3 Å². The van der Waals surface area contributed by atoms with Gasteiger partial charge in [-0.2, -0.15) is 0 Å². The summed E-state index contributed by atoms with van der Waals surface area (Å²) in [7, 11) is -2.09. The molecule has 3 N–H and O–H groups in total. The second kappa shape index (κ2) is 4.55. The SMILES string of the molecule is CC(C)(CCc1ccc(N)nc1)[Si](C)(C)O. The third-order valence-corrected chi connectivity index (χ3v) is 7.10. The molecule has 90 valence electrons. The van der Waals surface area contributed by atoms with Gasteiger partial charge in [0.15, 0.2) is 8.32 Å². The Labute approximate surface area is 98.8 Å². The average molecular weight is 238 g/mol. The van der Waals surface area contributed by atoms with Crippen LogP contribution < -0.4 is 5.73 Å². The Morgan fingerprint density at radius 3 is 2.44 bits per heavy atom. The van der Waals surface area contributed by atoms with Crippen molar-refractivity contribution >= 4 is 14.1 Å². The van der Waals surface area contributed by atoms with E-state index in [1.54, 1.807) is 0 Å². The molecule has 0 amide bonds. The first-order valence-electron chi connectivity index (χ1n) is 5.65. The summed E-state index contributed by atoms with van der Waals surface area (Å²) < 4.78 is 0. The fraction of sp³-hybridized carbons (Fsp3) is 0.583. The molecule has 0 saturated carbocycles. The molecule has 1 aromatic heterocycles. The third-order valence-electron chi connectivity index (χ3n) is 3.54. The molecule has 1 aromatic rings. The lowest BCUT2D eigenvalue weighted by Gasteiger charge is -2.35. The first-order valence-corrected chi connectivity index (χ1v) is 8.60. The number of nitrogen functional groups attached to an aromatic ring is 1. The predicted octanol–water partition coefficient (Wildman–Crippen LogP) is 2.57. The van der Waals surface area contributed by atoms with Crippen LogP contribution in [0.1, 0.15) is 25.8 Å². The highest BCUT2D eigenvalue weighted by Gasteiger charge is 2.37. The standard InChI is InChI=1S/C12H22N2OSi/c1-12(2,16(3,4)15)8-7-10-5-6-11(13)14-9-10/h5-6,9,15H,7-8H2,1-4H3,(H2,13,14). The summed E-state index contributed by atoms with van der Waals surface area (Å²) in [6.45, 7) is 8.27. The third kappa shape index (κ3) is 3.32. The summed E-state index contributed by atoms with van der Waals surface area (Å²) in [6, 6.07) is 3.83. The van der Waals surface area contributed by atoms with Gasteiger partial charge in [-0.1, -0.05) is 19.9 Å². The zero-order valence-electron chi connectivity index (χ0n) is 10.6. The van der Waals surface area contributed by atoms with Gasteiger partial charge in [0.25, 0.3) is 0 Å². The molecule has 0 fully saturated rings. The van der Waals surface area contributed by atoms with E-state index >= 15 is 0 Å². The van der Waals surface area contributed by atoms with Gasteiger partial charge in [0.05, 0.1) is 0 Å². The molecule has 0 aliphatic carbocycles. The molecule has 0 radical (unpaired) electrons. The molecule has 0 unspecified atom stereocenters. The maximum atomic E-state index is 10.2. The van der Waals surface area contributed by atoms with Crippen molar-refractivity contribution in [2.24, 2.45) is 0 Å². The van der Waals surface area contributed by atoms with Crippen LogP contribution in [0.4, 0.5) is 5.82 Å². The van der Waals surface area contributed by atoms with Crippen molar-refractivity contribution in [2.45, 2.75) is 44.8 Å². The minimum atomic E-state index is -2.09. The molecule has 1 heterocycles. The molecular weight excluding hydrogens is 216 g/mol. The molecule has 3 nitrogen and oxygen atoms in total. The molecule has 16 heavy (non-hydrogen) atoms. The number of aryl methyl sites for hydroxylation is 1. The summed E-state index contributed by atoms with van der Waals surface area (Å²) in [5, 5.41) is 0.0222. The zero-order valence-corrected chi connectivity index (χ0v) is 11.6. The molecule has 4 heteroatoms. The largest absolute Gasteiger partial charge is 0.432 e. The molecular formula is C12H22N2OSi. The number of nitrogens with zero attached hydrogens (tertiary/aromatic N) is 1. The van der Waals surface area contributed by atoms with Crippen molar-refractivity contribution in [3.63, 3.8) is 0 Å². The van der Waals surface area contributed by atoms with E-state index in [-0.39, 0.29) is 5.04 Å². The normalized spacial score (nSPS) is 12.8. The van der Waals surface area contributed by atoms with Gasteiger partial charge in [-0.3, -0.25) is 0 Å². The highest BCUT2D eigenvalue weighted by molar-refractivity contribution is 6.72. The van der Waals surface area contributed by atoms with Crippen LogP contribution in [0.25, 0.3) is 0 Å². The molecule has 0 aromatic carbocycles. The molecule has 1 rings (SSSR count). The number of nitrogens with two attached hydrogens (primary N) is 1. The second-order valence-corrected chi connectivity index (χ2v) is 10.0. The first-order chi connectivity index (χ1) is 7.22. The van der Waals surface area contributed by atoms with Gasteiger partial charge in [0.2, 0.25) is 0 Å². The van der Waals surface area contributed by atoms with Gasteiger partial charge in [-0.05, 0) is 42.6 Å². The number of rotatable bonds is 4. The van der Waals surface area contributed by atoms with Crippen LogP contribution in [0.2, 0.25) is 18.1 Å². The van der Waals surface area contributed by atoms with Gasteiger partial charge < -0.3 is 10.5 Å². The van der Waals surface area contributed by atoms with Gasteiger partial charge in [-0.15, -0.1) is 0 Å². The zero-order chi connectivity index (χ0) is 12.4. The number of hydrogen-bond acceptors (Lipinski definition) is 3. The Kier molecular flexibility index (Phi) is 3.75. The Morgan fingerprint density at radius 1 is 1.38 bits per heavy atom. The Balaban J connectivity index is 2.61. The van der Waals surface area contributed by atoms with Crippen molar-refractivity contribution in [3.8, 4) is 0 Å². The van der Waals surface area contributed by atoms with E-state index in [1.807, 2.05) is 31.4 Å². The summed E-state index contributed by atoms with van der Waals surface area (Å²) >= 11 is 0. The minimum absolute atomic E-state index is 0.0222.